The number of hydrogen-bond donors (Lipinski definition) is 1. The third-order valence-corrected chi connectivity index (χ3v) is 2.44. The average Bonchev–Trinajstić information content (AvgIpc) is 2.24. The topological polar surface area (TPSA) is 66.6 Å². The molecule has 5 nitrogen and oxygen atoms in total. The molecule has 5 heteroatoms. The predicted molar refractivity (Wildman–Crippen MR) is 63.8 cm³/mol. The number of nitrogens with zero attached hydrogens (tertiary/aromatic N) is 2. The fourth-order valence-electron chi connectivity index (χ4n) is 1.32. The molecule has 0 aromatic heterocycles. The maximum Gasteiger partial charge on any atom is 0.241 e. The largest absolute Gasteiger partial charge is 0.347 e. The van der Waals surface area contributed by atoms with E-state index in [2.05, 4.69) is 0 Å². The Labute approximate surface area is 97.6 Å². The van der Waals surface area contributed by atoms with Crippen molar-refractivity contribution >= 4 is 11.8 Å². The van der Waals surface area contributed by atoms with Crippen LogP contribution in [-0.4, -0.2) is 54.8 Å². The fraction of sp³-hybridized carbons (Fsp3) is 0.818. The van der Waals surface area contributed by atoms with Crippen molar-refractivity contribution in [1.82, 2.24) is 9.80 Å². The number of amides is 2. The lowest BCUT2D eigenvalue weighted by molar-refractivity contribution is -0.139. The number of carbonyl (C=O) groups is 2. The summed E-state index contributed by atoms with van der Waals surface area (Å²) in [6, 6.07) is -0.486. The van der Waals surface area contributed by atoms with Crippen molar-refractivity contribution in [3.63, 3.8) is 0 Å². The Balaban J connectivity index is 4.37. The van der Waals surface area contributed by atoms with Crippen LogP contribution in [0.25, 0.3) is 0 Å². The average molecular weight is 229 g/mol. The van der Waals surface area contributed by atoms with Crippen LogP contribution in [0.5, 0.6) is 0 Å². The van der Waals surface area contributed by atoms with Gasteiger partial charge in [0.15, 0.2) is 0 Å². The summed E-state index contributed by atoms with van der Waals surface area (Å²) in [7, 11) is 3.35. The highest BCUT2D eigenvalue weighted by Gasteiger charge is 2.21. The van der Waals surface area contributed by atoms with E-state index in [9.17, 15) is 9.59 Å². The van der Waals surface area contributed by atoms with Gasteiger partial charge in [0, 0.05) is 20.6 Å². The van der Waals surface area contributed by atoms with E-state index in [0.717, 1.165) is 6.42 Å². The maximum atomic E-state index is 11.9. The zero-order valence-electron chi connectivity index (χ0n) is 10.7. The van der Waals surface area contributed by atoms with Gasteiger partial charge in [0.1, 0.15) is 0 Å². The molecule has 16 heavy (non-hydrogen) atoms. The molecule has 94 valence electrons. The minimum atomic E-state index is -0.486. The van der Waals surface area contributed by atoms with Crippen LogP contribution < -0.4 is 5.73 Å². The predicted octanol–water partition coefficient (Wildman–Crippen LogP) is 0.0505. The molecule has 0 fully saturated rings. The van der Waals surface area contributed by atoms with Gasteiger partial charge in [0.05, 0.1) is 12.6 Å². The second-order valence-corrected chi connectivity index (χ2v) is 4.04. The molecule has 0 heterocycles. The molecule has 0 spiro atoms. The van der Waals surface area contributed by atoms with Gasteiger partial charge >= 0.3 is 0 Å². The Morgan fingerprint density at radius 2 is 1.81 bits per heavy atom. The van der Waals surface area contributed by atoms with Crippen molar-refractivity contribution in [2.45, 2.75) is 32.7 Å². The minimum Gasteiger partial charge on any atom is -0.347 e. The monoisotopic (exact) mass is 229 g/mol. The molecule has 0 bridgehead atoms. The second kappa shape index (κ2) is 7.22. The summed E-state index contributed by atoms with van der Waals surface area (Å²) < 4.78 is 0. The van der Waals surface area contributed by atoms with Crippen LogP contribution in [0.15, 0.2) is 0 Å². The van der Waals surface area contributed by atoms with Crippen molar-refractivity contribution in [1.29, 1.82) is 0 Å². The molecule has 2 N–H and O–H groups in total. The SMILES string of the molecule is CCC[C@@H](N)C(=O)N(CC)CC(=O)N(C)C. The van der Waals surface area contributed by atoms with Gasteiger partial charge in [-0.25, -0.2) is 0 Å². The molecule has 0 saturated carbocycles. The molecule has 0 aliphatic heterocycles. The van der Waals surface area contributed by atoms with Gasteiger partial charge in [-0.1, -0.05) is 13.3 Å². The molecule has 0 aromatic carbocycles. The van der Waals surface area contributed by atoms with E-state index in [-0.39, 0.29) is 18.4 Å². The van der Waals surface area contributed by atoms with Crippen LogP contribution >= 0.6 is 0 Å². The van der Waals surface area contributed by atoms with E-state index < -0.39 is 6.04 Å². The van der Waals surface area contributed by atoms with E-state index in [4.69, 9.17) is 5.73 Å². The molecule has 0 aliphatic carbocycles. The lowest BCUT2D eigenvalue weighted by Crippen LogP contribution is -2.47. The standard InChI is InChI=1S/C11H23N3O2/c1-5-7-9(12)11(16)14(6-2)8-10(15)13(3)4/h9H,5-8,12H2,1-4H3/t9-/m1/s1. The van der Waals surface area contributed by atoms with Crippen LogP contribution in [0.3, 0.4) is 0 Å². The zero-order chi connectivity index (χ0) is 12.7. The van der Waals surface area contributed by atoms with Gasteiger partial charge in [0.25, 0.3) is 0 Å². The molecule has 0 unspecified atom stereocenters. The highest BCUT2D eigenvalue weighted by Crippen LogP contribution is 2.00. The maximum absolute atomic E-state index is 11.9. The molecule has 0 aliphatic rings. The Hall–Kier alpha value is -1.10. The first-order chi connectivity index (χ1) is 7.43. The Bertz CT molecular complexity index is 241. The van der Waals surface area contributed by atoms with Crippen LogP contribution in [0, 0.1) is 0 Å². The molecule has 0 aromatic rings. The molecular weight excluding hydrogens is 206 g/mol. The van der Waals surface area contributed by atoms with E-state index >= 15 is 0 Å². The number of nitrogens with two attached hydrogens (primary N) is 1. The first kappa shape index (κ1) is 14.9. The van der Waals surface area contributed by atoms with E-state index in [1.807, 2.05) is 13.8 Å². The fourth-order valence-corrected chi connectivity index (χ4v) is 1.32. The van der Waals surface area contributed by atoms with Crippen molar-refractivity contribution < 1.29 is 9.59 Å². The van der Waals surface area contributed by atoms with Gasteiger partial charge in [-0.15, -0.1) is 0 Å². The summed E-state index contributed by atoms with van der Waals surface area (Å²) in [6.07, 6.45) is 1.53. The zero-order valence-corrected chi connectivity index (χ0v) is 10.7. The molecule has 0 rings (SSSR count). The summed E-state index contributed by atoms with van der Waals surface area (Å²) in [5, 5.41) is 0. The highest BCUT2D eigenvalue weighted by molar-refractivity contribution is 5.87. The van der Waals surface area contributed by atoms with E-state index in [1.54, 1.807) is 14.1 Å². The van der Waals surface area contributed by atoms with Crippen molar-refractivity contribution in [2.75, 3.05) is 27.2 Å². The third-order valence-electron chi connectivity index (χ3n) is 2.44. The first-order valence-corrected chi connectivity index (χ1v) is 5.68. The Morgan fingerprint density at radius 1 is 1.25 bits per heavy atom. The summed E-state index contributed by atoms with van der Waals surface area (Å²) in [6.45, 7) is 4.45. The Morgan fingerprint density at radius 3 is 2.19 bits per heavy atom. The van der Waals surface area contributed by atoms with Crippen molar-refractivity contribution in [2.24, 2.45) is 5.73 Å². The van der Waals surface area contributed by atoms with Gasteiger partial charge in [-0.05, 0) is 13.3 Å². The van der Waals surface area contributed by atoms with Crippen molar-refractivity contribution in [3.05, 3.63) is 0 Å². The summed E-state index contributed by atoms with van der Waals surface area (Å²) in [5.74, 6) is -0.224. The summed E-state index contributed by atoms with van der Waals surface area (Å²) in [4.78, 5) is 26.3. The quantitative estimate of drug-likeness (QED) is 0.700. The lowest BCUT2D eigenvalue weighted by Gasteiger charge is -2.25. The molecule has 0 radical (unpaired) electrons. The summed E-state index contributed by atoms with van der Waals surface area (Å²) in [5.41, 5.74) is 5.74. The molecule has 1 atom stereocenters. The van der Waals surface area contributed by atoms with Gasteiger partial charge in [-0.3, -0.25) is 9.59 Å². The van der Waals surface area contributed by atoms with Crippen LogP contribution in [0.1, 0.15) is 26.7 Å². The third kappa shape index (κ3) is 4.61. The highest BCUT2D eigenvalue weighted by atomic mass is 16.2. The normalized spacial score (nSPS) is 12.1. The minimum absolute atomic E-state index is 0.0844. The van der Waals surface area contributed by atoms with Gasteiger partial charge in [0.2, 0.25) is 11.8 Å². The van der Waals surface area contributed by atoms with Crippen LogP contribution in [0.2, 0.25) is 0 Å². The lowest BCUT2D eigenvalue weighted by atomic mass is 10.1. The summed E-state index contributed by atoms with van der Waals surface area (Å²) >= 11 is 0. The van der Waals surface area contributed by atoms with E-state index in [1.165, 1.54) is 9.80 Å². The number of rotatable bonds is 6. The second-order valence-electron chi connectivity index (χ2n) is 4.04. The van der Waals surface area contributed by atoms with Crippen LogP contribution in [0.4, 0.5) is 0 Å². The molecule has 0 saturated heterocycles. The first-order valence-electron chi connectivity index (χ1n) is 5.68. The smallest absolute Gasteiger partial charge is 0.241 e. The molecular formula is C11H23N3O2. The number of hydrogen-bond acceptors (Lipinski definition) is 3. The van der Waals surface area contributed by atoms with Gasteiger partial charge in [-0.2, -0.15) is 0 Å². The Kier molecular flexibility index (Phi) is 6.72. The number of carbonyl (C=O) groups excluding carboxylic acids is 2. The molecule has 2 amide bonds. The van der Waals surface area contributed by atoms with Crippen molar-refractivity contribution in [3.8, 4) is 0 Å². The van der Waals surface area contributed by atoms with Gasteiger partial charge < -0.3 is 15.5 Å². The van der Waals surface area contributed by atoms with Crippen LogP contribution in [-0.2, 0) is 9.59 Å². The van der Waals surface area contributed by atoms with E-state index in [0.29, 0.717) is 13.0 Å². The number of likely N-dealkylation sites (N-methyl/N-ethyl adjacent to an activating group) is 2.